The number of hydrogen-bond donors (Lipinski definition) is 4. The molecule has 0 amide bonds. The summed E-state index contributed by atoms with van der Waals surface area (Å²) in [5.41, 5.74) is 2.39. The van der Waals surface area contributed by atoms with E-state index >= 15 is 0 Å². The van der Waals surface area contributed by atoms with Gasteiger partial charge < -0.3 is 0 Å². The molecule has 2 aromatic carbocycles. The Morgan fingerprint density at radius 2 is 1.32 bits per heavy atom. The molecule has 2 fully saturated rings. The van der Waals surface area contributed by atoms with Crippen LogP contribution in [0, 0.1) is 11.0 Å². The molecule has 2 radical (unpaired) electrons. The van der Waals surface area contributed by atoms with Crippen molar-refractivity contribution >= 4 is 50.5 Å². The Morgan fingerprint density at radius 3 is 1.88 bits per heavy atom. The van der Waals surface area contributed by atoms with Gasteiger partial charge in [0.1, 0.15) is 0 Å². The predicted octanol–water partition coefficient (Wildman–Crippen LogP) is 9.31. The molecular weight excluding hydrogens is 489 g/mol. The zero-order chi connectivity index (χ0) is 24.1. The van der Waals surface area contributed by atoms with Crippen molar-refractivity contribution in [3.05, 3.63) is 82.8 Å². The van der Waals surface area contributed by atoms with Crippen molar-refractivity contribution in [2.75, 3.05) is 0 Å². The largest absolute Gasteiger partial charge is 0.175 e. The molecule has 4 rings (SSSR count). The molecule has 0 N–H and O–H groups in total. The minimum Gasteiger partial charge on any atom is -0.175 e. The van der Waals surface area contributed by atoms with Gasteiger partial charge in [-0.25, -0.2) is 0 Å². The van der Waals surface area contributed by atoms with Crippen LogP contribution in [0.25, 0.3) is 0 Å². The van der Waals surface area contributed by atoms with E-state index in [9.17, 15) is 0 Å². The monoisotopic (exact) mass is 528 g/mol. The van der Waals surface area contributed by atoms with Gasteiger partial charge >= 0.3 is 0 Å². The summed E-state index contributed by atoms with van der Waals surface area (Å²) in [4.78, 5) is 0. The number of benzene rings is 2. The Labute approximate surface area is 230 Å². The highest BCUT2D eigenvalue weighted by Gasteiger charge is 2.62. The van der Waals surface area contributed by atoms with E-state index in [1.54, 1.807) is 0 Å². The third-order valence-corrected chi connectivity index (χ3v) is 11.1. The molecule has 184 valence electrons. The van der Waals surface area contributed by atoms with Gasteiger partial charge in [0, 0.05) is 20.7 Å². The highest BCUT2D eigenvalue weighted by Crippen LogP contribution is 2.66. The van der Waals surface area contributed by atoms with Crippen molar-refractivity contribution in [1.29, 1.82) is 0 Å². The van der Waals surface area contributed by atoms with Gasteiger partial charge in [0.15, 0.2) is 0 Å². The molecule has 2 aromatic rings. The maximum atomic E-state index is 5.72. The molecule has 34 heavy (non-hydrogen) atoms. The van der Waals surface area contributed by atoms with Gasteiger partial charge in [-0.05, 0) is 55.6 Å². The normalized spacial score (nSPS) is 22.7. The molecule has 0 bridgehead atoms. The van der Waals surface area contributed by atoms with Crippen LogP contribution in [-0.2, 0) is 5.41 Å². The molecule has 0 aromatic heterocycles. The second kappa shape index (κ2) is 11.9. The predicted molar refractivity (Wildman–Crippen MR) is 162 cm³/mol. The first-order valence-corrected chi connectivity index (χ1v) is 14.9. The van der Waals surface area contributed by atoms with E-state index in [1.165, 1.54) is 54.9 Å². The molecule has 2 atom stereocenters. The van der Waals surface area contributed by atoms with Crippen LogP contribution in [-0.4, -0.2) is 9.49 Å². The molecule has 2 unspecified atom stereocenters. The average Bonchev–Trinajstić information content (AvgIpc) is 2.88. The van der Waals surface area contributed by atoms with Gasteiger partial charge in [-0.3, -0.25) is 0 Å². The van der Waals surface area contributed by atoms with E-state index < -0.39 is 0 Å². The molecule has 0 nitrogen and oxygen atoms in total. The fourth-order valence-corrected chi connectivity index (χ4v) is 9.01. The van der Waals surface area contributed by atoms with Crippen LogP contribution in [0.5, 0.6) is 0 Å². The third kappa shape index (κ3) is 5.13. The quantitative estimate of drug-likeness (QED) is 0.229. The highest BCUT2D eigenvalue weighted by molar-refractivity contribution is 7.88. The Hall–Kier alpha value is -0.160. The lowest BCUT2D eigenvalue weighted by atomic mass is 9.51. The summed E-state index contributed by atoms with van der Waals surface area (Å²) in [5, 5.41) is 1.25. The van der Waals surface area contributed by atoms with Crippen molar-refractivity contribution in [2.45, 2.75) is 97.9 Å². The van der Waals surface area contributed by atoms with Gasteiger partial charge in [-0.2, -0.15) is 50.5 Å². The van der Waals surface area contributed by atoms with Crippen molar-refractivity contribution in [3.8, 4) is 0 Å². The molecule has 0 spiro atoms. The van der Waals surface area contributed by atoms with Gasteiger partial charge in [0.2, 0.25) is 0 Å². The summed E-state index contributed by atoms with van der Waals surface area (Å²) in [5.74, 6) is 2.26. The molecular formula is C30H40S4. The van der Waals surface area contributed by atoms with E-state index in [0.717, 1.165) is 38.5 Å². The minimum atomic E-state index is -0.335. The zero-order valence-corrected chi connectivity index (χ0v) is 23.8. The average molecular weight is 529 g/mol. The van der Waals surface area contributed by atoms with Crippen molar-refractivity contribution in [1.82, 2.24) is 0 Å². The summed E-state index contributed by atoms with van der Waals surface area (Å²) in [7, 11) is 0. The summed E-state index contributed by atoms with van der Waals surface area (Å²) in [6, 6.07) is 22.3. The fourth-order valence-electron chi connectivity index (χ4n) is 6.85. The first-order valence-electron chi connectivity index (χ1n) is 13.1. The first-order chi connectivity index (χ1) is 16.5. The Kier molecular flexibility index (Phi) is 9.43. The van der Waals surface area contributed by atoms with Crippen molar-refractivity contribution < 1.29 is 0 Å². The molecule has 0 saturated heterocycles. The van der Waals surface area contributed by atoms with E-state index in [0.29, 0.717) is 0 Å². The Balaban J connectivity index is 2.00. The summed E-state index contributed by atoms with van der Waals surface area (Å²) in [6.45, 7) is 0. The van der Waals surface area contributed by atoms with Crippen LogP contribution in [0.3, 0.4) is 0 Å². The maximum absolute atomic E-state index is 5.72. The van der Waals surface area contributed by atoms with Gasteiger partial charge in [-0.15, -0.1) is 0 Å². The van der Waals surface area contributed by atoms with Crippen LogP contribution in [0.1, 0.15) is 94.1 Å². The Bertz CT molecular complexity index is 871. The smallest absolute Gasteiger partial charge is 0.0556 e. The summed E-state index contributed by atoms with van der Waals surface area (Å²) in [6.07, 6.45) is 13.8. The minimum absolute atomic E-state index is 0.187. The van der Waals surface area contributed by atoms with Gasteiger partial charge in [0.25, 0.3) is 0 Å². The molecule has 2 aliphatic carbocycles. The van der Waals surface area contributed by atoms with Crippen molar-refractivity contribution in [3.63, 3.8) is 0 Å². The number of hydrogen-bond acceptors (Lipinski definition) is 4. The van der Waals surface area contributed by atoms with Crippen LogP contribution in [0.2, 0.25) is 0 Å². The molecule has 4 heteroatoms. The number of thiol groups is 4. The summed E-state index contributed by atoms with van der Waals surface area (Å²) < 4.78 is -0.379. The Morgan fingerprint density at radius 1 is 0.794 bits per heavy atom. The van der Waals surface area contributed by atoms with Crippen LogP contribution in [0.4, 0.5) is 0 Å². The molecule has 0 heterocycles. The second-order valence-electron chi connectivity index (χ2n) is 10.4. The third-order valence-electron chi connectivity index (χ3n) is 8.45. The molecule has 2 aliphatic rings. The van der Waals surface area contributed by atoms with E-state index in [1.807, 2.05) is 5.75 Å². The lowest BCUT2D eigenvalue weighted by Gasteiger charge is -2.61. The maximum Gasteiger partial charge on any atom is 0.0556 e. The van der Waals surface area contributed by atoms with E-state index in [2.05, 4.69) is 73.3 Å². The van der Waals surface area contributed by atoms with Gasteiger partial charge in [-0.1, -0.05) is 99.2 Å². The van der Waals surface area contributed by atoms with Crippen LogP contribution in [0.15, 0.2) is 60.7 Å². The molecule has 0 aliphatic heterocycles. The van der Waals surface area contributed by atoms with Crippen LogP contribution >= 0.6 is 50.5 Å². The SMILES string of the molecule is S[CH]CCC(c1ccccc1)C([C](S)C1(S)CCCCC1)(c1ccccc1)C1(S)CCCCC1. The second-order valence-corrected chi connectivity index (χ2v) is 13.0. The molecule has 2 saturated carbocycles. The standard InChI is InChI=1S/C30H40S4/c31-23-13-18-26(24-14-5-1-6-15-24)30(25-16-7-2-8-17-25,29(34)21-11-4-12-22-29)27(32)28(33)19-9-3-10-20-28/h1-2,5-8,14-17,23,26,31-34H,3-4,9-13,18-22H2. The topological polar surface area (TPSA) is 0 Å². The van der Waals surface area contributed by atoms with Gasteiger partial charge in [0.05, 0.1) is 5.25 Å². The van der Waals surface area contributed by atoms with E-state index in [-0.39, 0.29) is 20.8 Å². The van der Waals surface area contributed by atoms with Crippen LogP contribution < -0.4 is 0 Å². The first kappa shape index (κ1) is 26.9. The highest BCUT2D eigenvalue weighted by atomic mass is 32.1. The zero-order valence-electron chi connectivity index (χ0n) is 20.2. The van der Waals surface area contributed by atoms with E-state index in [4.69, 9.17) is 37.9 Å². The lowest BCUT2D eigenvalue weighted by molar-refractivity contribution is 0.198. The lowest BCUT2D eigenvalue weighted by Crippen LogP contribution is -2.59. The summed E-state index contributed by atoms with van der Waals surface area (Å²) >= 11 is 21.3. The number of rotatable bonds is 9. The van der Waals surface area contributed by atoms with Crippen molar-refractivity contribution in [2.24, 2.45) is 0 Å². The fraction of sp³-hybridized carbons (Fsp3) is 0.533.